The Morgan fingerprint density at radius 2 is 1.81 bits per heavy atom. The van der Waals surface area contributed by atoms with Gasteiger partial charge in [-0.3, -0.25) is 9.59 Å². The molecule has 2 aromatic rings. The highest BCUT2D eigenvalue weighted by Crippen LogP contribution is 2.18. The van der Waals surface area contributed by atoms with E-state index in [1.54, 1.807) is 24.3 Å². The third kappa shape index (κ3) is 3.89. The maximum absolute atomic E-state index is 13.6. The van der Waals surface area contributed by atoms with Crippen LogP contribution in [-0.2, 0) is 0 Å². The van der Waals surface area contributed by atoms with Crippen molar-refractivity contribution in [2.45, 2.75) is 6.92 Å². The Bertz CT molecular complexity index is 680. The van der Waals surface area contributed by atoms with Gasteiger partial charge in [0.2, 0.25) is 0 Å². The van der Waals surface area contributed by atoms with Gasteiger partial charge in [-0.05, 0) is 43.3 Å². The van der Waals surface area contributed by atoms with E-state index in [9.17, 15) is 14.0 Å². The zero-order chi connectivity index (χ0) is 15.4. The van der Waals surface area contributed by atoms with Gasteiger partial charge < -0.3 is 4.74 Å². The first kappa shape index (κ1) is 15.2. The summed E-state index contributed by atoms with van der Waals surface area (Å²) in [4.78, 5) is 23.0. The minimum atomic E-state index is -0.668. The molecule has 0 amide bonds. The predicted octanol–water partition coefficient (Wildman–Crippen LogP) is 3.94. The average molecular weight is 307 g/mol. The number of halogens is 2. The highest BCUT2D eigenvalue weighted by molar-refractivity contribution is 6.30. The van der Waals surface area contributed by atoms with E-state index in [2.05, 4.69) is 0 Å². The summed E-state index contributed by atoms with van der Waals surface area (Å²) in [6.07, 6.45) is 0. The van der Waals surface area contributed by atoms with Gasteiger partial charge in [0.15, 0.2) is 18.2 Å². The Labute approximate surface area is 126 Å². The Balaban J connectivity index is 2.03. The van der Waals surface area contributed by atoms with Crippen molar-refractivity contribution in [3.05, 3.63) is 64.4 Å². The van der Waals surface area contributed by atoms with Crippen molar-refractivity contribution >= 4 is 23.2 Å². The Morgan fingerprint density at radius 1 is 1.14 bits per heavy atom. The quantitative estimate of drug-likeness (QED) is 0.786. The van der Waals surface area contributed by atoms with E-state index >= 15 is 0 Å². The number of hydrogen-bond donors (Lipinski definition) is 0. The molecule has 0 heterocycles. The van der Waals surface area contributed by atoms with Crippen molar-refractivity contribution in [2.24, 2.45) is 0 Å². The van der Waals surface area contributed by atoms with Gasteiger partial charge in [-0.15, -0.1) is 0 Å². The molecule has 108 valence electrons. The summed E-state index contributed by atoms with van der Waals surface area (Å²) in [5.41, 5.74) is 0.451. The molecule has 0 aromatic heterocycles. The van der Waals surface area contributed by atoms with Gasteiger partial charge in [0.05, 0.1) is 5.56 Å². The minimum Gasteiger partial charge on any atom is -0.485 e. The zero-order valence-corrected chi connectivity index (χ0v) is 12.0. The van der Waals surface area contributed by atoms with Crippen molar-refractivity contribution in [3.63, 3.8) is 0 Å². The number of rotatable bonds is 5. The predicted molar refractivity (Wildman–Crippen MR) is 77.7 cm³/mol. The van der Waals surface area contributed by atoms with Crippen LogP contribution in [0, 0.1) is 5.82 Å². The Morgan fingerprint density at radius 3 is 2.38 bits per heavy atom. The minimum absolute atomic E-state index is 0.00798. The molecule has 0 N–H and O–H groups in total. The first-order chi connectivity index (χ1) is 9.97. The number of carbonyl (C=O) groups excluding carboxylic acids is 2. The van der Waals surface area contributed by atoms with Crippen molar-refractivity contribution in [1.29, 1.82) is 0 Å². The second-order valence-electron chi connectivity index (χ2n) is 4.42. The van der Waals surface area contributed by atoms with Crippen LogP contribution >= 0.6 is 11.6 Å². The summed E-state index contributed by atoms with van der Waals surface area (Å²) in [7, 11) is 0. The molecular formula is C16H12ClFO3. The largest absolute Gasteiger partial charge is 0.485 e. The molecule has 0 saturated carbocycles. The highest BCUT2D eigenvalue weighted by Gasteiger charge is 2.10. The fourth-order valence-electron chi connectivity index (χ4n) is 1.74. The molecule has 0 unspecified atom stereocenters. The van der Waals surface area contributed by atoms with E-state index in [4.69, 9.17) is 16.3 Å². The van der Waals surface area contributed by atoms with Crippen LogP contribution in [0.5, 0.6) is 5.75 Å². The van der Waals surface area contributed by atoms with E-state index in [1.807, 2.05) is 0 Å². The molecule has 0 spiro atoms. The van der Waals surface area contributed by atoms with Crippen LogP contribution in [0.15, 0.2) is 42.5 Å². The molecule has 5 heteroatoms. The van der Waals surface area contributed by atoms with Crippen LogP contribution < -0.4 is 4.74 Å². The van der Waals surface area contributed by atoms with Crippen LogP contribution in [0.1, 0.15) is 27.6 Å². The molecule has 0 fully saturated rings. The summed E-state index contributed by atoms with van der Waals surface area (Å²) in [5.74, 6) is -1.09. The number of benzene rings is 2. The molecule has 0 atom stereocenters. The van der Waals surface area contributed by atoms with Gasteiger partial charge >= 0.3 is 0 Å². The molecule has 0 aliphatic carbocycles. The fraction of sp³-hybridized carbons (Fsp3) is 0.125. The smallest absolute Gasteiger partial charge is 0.200 e. The van der Waals surface area contributed by atoms with Crippen molar-refractivity contribution in [2.75, 3.05) is 6.61 Å². The second kappa shape index (κ2) is 6.50. The third-order valence-electron chi connectivity index (χ3n) is 2.86. The number of ketones is 2. The van der Waals surface area contributed by atoms with E-state index < -0.39 is 5.82 Å². The summed E-state index contributed by atoms with van der Waals surface area (Å²) < 4.78 is 18.8. The molecule has 2 aromatic carbocycles. The first-order valence-electron chi connectivity index (χ1n) is 6.19. The van der Waals surface area contributed by atoms with Gasteiger partial charge in [-0.1, -0.05) is 11.6 Å². The van der Waals surface area contributed by atoms with Crippen LogP contribution in [-0.4, -0.2) is 18.2 Å². The van der Waals surface area contributed by atoms with Gasteiger partial charge in [0.1, 0.15) is 11.6 Å². The van der Waals surface area contributed by atoms with Crippen LogP contribution in [0.2, 0.25) is 5.02 Å². The lowest BCUT2D eigenvalue weighted by Crippen LogP contribution is -2.11. The average Bonchev–Trinajstić information content (AvgIpc) is 2.45. The van der Waals surface area contributed by atoms with Crippen molar-refractivity contribution < 1.29 is 18.7 Å². The monoisotopic (exact) mass is 306 g/mol. The topological polar surface area (TPSA) is 43.4 Å². The maximum atomic E-state index is 13.6. The van der Waals surface area contributed by atoms with Crippen LogP contribution in [0.4, 0.5) is 4.39 Å². The molecule has 0 aliphatic heterocycles. The second-order valence-corrected chi connectivity index (χ2v) is 4.85. The molecule has 0 aliphatic rings. The lowest BCUT2D eigenvalue weighted by molar-refractivity contribution is 0.0920. The van der Waals surface area contributed by atoms with Gasteiger partial charge in [-0.25, -0.2) is 4.39 Å². The molecule has 21 heavy (non-hydrogen) atoms. The van der Waals surface area contributed by atoms with Crippen LogP contribution in [0.3, 0.4) is 0 Å². The normalized spacial score (nSPS) is 10.2. The Hall–Kier alpha value is -2.20. The van der Waals surface area contributed by atoms with Gasteiger partial charge in [0, 0.05) is 16.7 Å². The molecule has 0 bridgehead atoms. The zero-order valence-electron chi connectivity index (χ0n) is 11.2. The molecule has 0 saturated heterocycles. The van der Waals surface area contributed by atoms with Crippen molar-refractivity contribution in [1.82, 2.24) is 0 Å². The molecule has 3 nitrogen and oxygen atoms in total. The van der Waals surface area contributed by atoms with Gasteiger partial charge in [-0.2, -0.15) is 0 Å². The Kier molecular flexibility index (Phi) is 4.70. The van der Waals surface area contributed by atoms with Crippen molar-refractivity contribution in [3.8, 4) is 5.75 Å². The van der Waals surface area contributed by atoms with E-state index in [-0.39, 0.29) is 29.5 Å². The standard InChI is InChI=1S/C16H12ClFO3/c1-10(19)14-7-6-13(8-15(14)18)21-9-16(20)11-2-4-12(17)5-3-11/h2-8H,9H2,1H3. The van der Waals surface area contributed by atoms with E-state index in [0.29, 0.717) is 10.6 Å². The summed E-state index contributed by atoms with van der Waals surface area (Å²) in [5, 5.41) is 0.536. The highest BCUT2D eigenvalue weighted by atomic mass is 35.5. The first-order valence-corrected chi connectivity index (χ1v) is 6.57. The number of carbonyl (C=O) groups is 2. The lowest BCUT2D eigenvalue weighted by atomic mass is 10.1. The molecule has 0 radical (unpaired) electrons. The fourth-order valence-corrected chi connectivity index (χ4v) is 1.87. The summed E-state index contributed by atoms with van der Waals surface area (Å²) in [6.45, 7) is 1.06. The van der Waals surface area contributed by atoms with Gasteiger partial charge in [0.25, 0.3) is 0 Å². The third-order valence-corrected chi connectivity index (χ3v) is 3.11. The number of ether oxygens (including phenoxy) is 1. The number of hydrogen-bond acceptors (Lipinski definition) is 3. The lowest BCUT2D eigenvalue weighted by Gasteiger charge is -2.07. The summed E-state index contributed by atoms with van der Waals surface area (Å²) in [6, 6.07) is 10.3. The van der Waals surface area contributed by atoms with E-state index in [1.165, 1.54) is 19.1 Å². The molecule has 2 rings (SSSR count). The number of Topliss-reactive ketones (excluding diaryl/α,β-unsaturated/α-hetero) is 2. The SMILES string of the molecule is CC(=O)c1ccc(OCC(=O)c2ccc(Cl)cc2)cc1F. The maximum Gasteiger partial charge on any atom is 0.200 e. The molecular weight excluding hydrogens is 295 g/mol. The van der Waals surface area contributed by atoms with E-state index in [0.717, 1.165) is 6.07 Å². The summed E-state index contributed by atoms with van der Waals surface area (Å²) >= 11 is 5.74. The van der Waals surface area contributed by atoms with Crippen LogP contribution in [0.25, 0.3) is 0 Å².